The lowest BCUT2D eigenvalue weighted by molar-refractivity contribution is -0.385. The van der Waals surface area contributed by atoms with Crippen LogP contribution < -0.4 is 10.2 Å². The normalized spacial score (nSPS) is 14.2. The molecular weight excluding hydrogens is 467 g/mol. The second kappa shape index (κ2) is 9.61. The molecule has 0 saturated carbocycles. The molecule has 2 aromatic rings. The predicted octanol–water partition coefficient (Wildman–Crippen LogP) is 3.26. The maximum absolute atomic E-state index is 12.8. The molecule has 1 saturated heterocycles. The number of hydrogen-bond donors (Lipinski definition) is 1. The molecule has 33 heavy (non-hydrogen) atoms. The number of rotatable bonds is 5. The molecular formula is C20H19ClF3N5O4. The van der Waals surface area contributed by atoms with E-state index >= 15 is 0 Å². The quantitative estimate of drug-likeness (QED) is 0.514. The van der Waals surface area contributed by atoms with Gasteiger partial charge in [-0.3, -0.25) is 24.7 Å². The van der Waals surface area contributed by atoms with Gasteiger partial charge in [0.1, 0.15) is 5.56 Å². The summed E-state index contributed by atoms with van der Waals surface area (Å²) in [4.78, 5) is 42.1. The molecule has 2 amide bonds. The Balaban J connectivity index is 1.77. The Labute approximate surface area is 191 Å². The van der Waals surface area contributed by atoms with E-state index in [-0.39, 0.29) is 28.7 Å². The summed E-state index contributed by atoms with van der Waals surface area (Å²) in [6.45, 7) is 3.08. The number of nitrogens with zero attached hydrogens (tertiary/aromatic N) is 4. The number of halogens is 4. The van der Waals surface area contributed by atoms with Gasteiger partial charge in [0.05, 0.1) is 27.7 Å². The topological polar surface area (TPSA) is 109 Å². The van der Waals surface area contributed by atoms with Crippen molar-refractivity contribution < 1.29 is 27.7 Å². The van der Waals surface area contributed by atoms with Gasteiger partial charge in [-0.1, -0.05) is 11.6 Å². The molecule has 1 aliphatic heterocycles. The summed E-state index contributed by atoms with van der Waals surface area (Å²) in [5.74, 6) is -0.849. The molecule has 0 atom stereocenters. The Kier molecular flexibility index (Phi) is 7.06. The highest BCUT2D eigenvalue weighted by molar-refractivity contribution is 6.31. The molecule has 9 nitrogen and oxygen atoms in total. The van der Waals surface area contributed by atoms with Crippen molar-refractivity contribution in [1.29, 1.82) is 0 Å². The van der Waals surface area contributed by atoms with Crippen LogP contribution in [0.15, 0.2) is 30.5 Å². The maximum atomic E-state index is 12.8. The molecule has 0 radical (unpaired) electrons. The lowest BCUT2D eigenvalue weighted by Crippen LogP contribution is -2.48. The van der Waals surface area contributed by atoms with Gasteiger partial charge in [0, 0.05) is 51.1 Å². The first kappa shape index (κ1) is 24.2. The third-order valence-corrected chi connectivity index (χ3v) is 5.50. The molecule has 0 spiro atoms. The van der Waals surface area contributed by atoms with E-state index in [9.17, 15) is 32.9 Å². The Bertz CT molecular complexity index is 1090. The fourth-order valence-corrected chi connectivity index (χ4v) is 3.59. The molecule has 1 aromatic heterocycles. The van der Waals surface area contributed by atoms with Crippen molar-refractivity contribution in [2.75, 3.05) is 31.1 Å². The number of piperazine rings is 1. The maximum Gasteiger partial charge on any atom is 0.417 e. The summed E-state index contributed by atoms with van der Waals surface area (Å²) < 4.78 is 38.3. The van der Waals surface area contributed by atoms with Crippen LogP contribution in [0.1, 0.15) is 28.5 Å². The minimum Gasteiger partial charge on any atom is -0.368 e. The van der Waals surface area contributed by atoms with Crippen molar-refractivity contribution in [3.8, 4) is 0 Å². The van der Waals surface area contributed by atoms with E-state index in [2.05, 4.69) is 10.3 Å². The lowest BCUT2D eigenvalue weighted by atomic mass is 10.1. The molecule has 1 N–H and O–H groups in total. The smallest absolute Gasteiger partial charge is 0.368 e. The molecule has 2 heterocycles. The van der Waals surface area contributed by atoms with Gasteiger partial charge in [-0.2, -0.15) is 13.2 Å². The number of nitro benzene ring substituents is 1. The zero-order valence-corrected chi connectivity index (χ0v) is 18.1. The van der Waals surface area contributed by atoms with Crippen LogP contribution in [0, 0.1) is 10.1 Å². The van der Waals surface area contributed by atoms with Crippen LogP contribution in [-0.4, -0.2) is 52.8 Å². The number of hydrogen-bond acceptors (Lipinski definition) is 6. The van der Waals surface area contributed by atoms with Crippen molar-refractivity contribution in [2.24, 2.45) is 0 Å². The first-order chi connectivity index (χ1) is 15.5. The summed E-state index contributed by atoms with van der Waals surface area (Å²) in [7, 11) is 0. The highest BCUT2D eigenvalue weighted by Gasteiger charge is 2.31. The number of amides is 2. The minimum absolute atomic E-state index is 0.0165. The second-order valence-electron chi connectivity index (χ2n) is 7.28. The number of nitro groups is 1. The highest BCUT2D eigenvalue weighted by atomic mass is 35.5. The van der Waals surface area contributed by atoms with E-state index < -0.39 is 28.3 Å². The van der Waals surface area contributed by atoms with Gasteiger partial charge in [0.15, 0.2) is 0 Å². The van der Waals surface area contributed by atoms with Crippen LogP contribution in [0.3, 0.4) is 0 Å². The number of nitrogens with one attached hydrogen (secondary N) is 1. The second-order valence-corrected chi connectivity index (χ2v) is 7.69. The average molecular weight is 486 g/mol. The summed E-state index contributed by atoms with van der Waals surface area (Å²) in [5, 5.41) is 13.5. The summed E-state index contributed by atoms with van der Waals surface area (Å²) in [6.07, 6.45) is -4.02. The van der Waals surface area contributed by atoms with E-state index in [1.165, 1.54) is 25.1 Å². The van der Waals surface area contributed by atoms with Gasteiger partial charge >= 0.3 is 6.18 Å². The number of carbonyl (C=O) groups excluding carboxylic acids is 2. The molecule has 0 unspecified atom stereocenters. The molecule has 176 valence electrons. The zero-order valence-electron chi connectivity index (χ0n) is 17.4. The van der Waals surface area contributed by atoms with Gasteiger partial charge in [-0.15, -0.1) is 0 Å². The first-order valence-electron chi connectivity index (χ1n) is 9.76. The molecule has 3 rings (SSSR count). The molecule has 1 fully saturated rings. The van der Waals surface area contributed by atoms with Crippen LogP contribution in [0.4, 0.5) is 24.5 Å². The van der Waals surface area contributed by atoms with Crippen molar-refractivity contribution >= 4 is 34.8 Å². The molecule has 0 aliphatic carbocycles. The van der Waals surface area contributed by atoms with Gasteiger partial charge in [-0.25, -0.2) is 0 Å². The van der Waals surface area contributed by atoms with Gasteiger partial charge in [0.25, 0.3) is 11.6 Å². The Hall–Kier alpha value is -3.41. The third-order valence-electron chi connectivity index (χ3n) is 5.17. The van der Waals surface area contributed by atoms with Crippen LogP contribution >= 0.6 is 11.6 Å². The van der Waals surface area contributed by atoms with Crippen LogP contribution in [0.2, 0.25) is 5.02 Å². The molecule has 1 aromatic carbocycles. The van der Waals surface area contributed by atoms with Crippen molar-refractivity contribution in [2.45, 2.75) is 19.6 Å². The molecule has 1 aliphatic rings. The number of pyridine rings is 1. The van der Waals surface area contributed by atoms with Crippen LogP contribution in [0.5, 0.6) is 0 Å². The number of benzene rings is 1. The van der Waals surface area contributed by atoms with Crippen LogP contribution in [-0.2, 0) is 17.5 Å². The van der Waals surface area contributed by atoms with Crippen LogP contribution in [0.25, 0.3) is 0 Å². The summed E-state index contributed by atoms with van der Waals surface area (Å²) in [5.41, 5.74) is -1.12. The average Bonchev–Trinajstić information content (AvgIpc) is 2.77. The van der Waals surface area contributed by atoms with Crippen molar-refractivity contribution in [3.63, 3.8) is 0 Å². The predicted molar refractivity (Wildman–Crippen MR) is 113 cm³/mol. The molecule has 0 bridgehead atoms. The Morgan fingerprint density at radius 1 is 1.21 bits per heavy atom. The highest BCUT2D eigenvalue weighted by Crippen LogP contribution is 2.31. The van der Waals surface area contributed by atoms with E-state index in [4.69, 9.17) is 11.6 Å². The fraction of sp³-hybridized carbons (Fsp3) is 0.350. The van der Waals surface area contributed by atoms with Gasteiger partial charge in [0.2, 0.25) is 5.91 Å². The number of anilines is 1. The zero-order chi connectivity index (χ0) is 24.3. The van der Waals surface area contributed by atoms with E-state index in [1.54, 1.807) is 4.90 Å². The largest absolute Gasteiger partial charge is 0.417 e. The van der Waals surface area contributed by atoms with Gasteiger partial charge in [-0.05, 0) is 18.2 Å². The van der Waals surface area contributed by atoms with Gasteiger partial charge < -0.3 is 15.1 Å². The number of aromatic nitrogens is 1. The van der Waals surface area contributed by atoms with E-state index in [1.807, 2.05) is 4.90 Å². The monoisotopic (exact) mass is 485 g/mol. The first-order valence-corrected chi connectivity index (χ1v) is 10.1. The van der Waals surface area contributed by atoms with Crippen molar-refractivity contribution in [1.82, 2.24) is 15.2 Å². The van der Waals surface area contributed by atoms with E-state index in [0.29, 0.717) is 44.1 Å². The molecule has 13 heteroatoms. The Morgan fingerprint density at radius 2 is 1.88 bits per heavy atom. The van der Waals surface area contributed by atoms with Crippen molar-refractivity contribution in [3.05, 3.63) is 62.4 Å². The standard InChI is InChI=1S/C20H19ClF3N5O4/c1-12(30)27-4-6-28(7-5-27)14-2-3-18(29(32)33)15(9-14)19(31)26-11-17-16(21)8-13(10-25-17)20(22,23)24/h2-3,8-10H,4-7,11H2,1H3,(H,26,31). The minimum atomic E-state index is -4.62. The SMILES string of the molecule is CC(=O)N1CCN(c2ccc([N+](=O)[O-])c(C(=O)NCc3ncc(C(F)(F)F)cc3Cl)c2)CC1. The Morgan fingerprint density at radius 3 is 2.42 bits per heavy atom. The van der Waals surface area contributed by atoms with E-state index in [0.717, 1.165) is 0 Å². The number of carbonyl (C=O) groups is 2. The fourth-order valence-electron chi connectivity index (χ4n) is 3.35. The summed E-state index contributed by atoms with van der Waals surface area (Å²) >= 11 is 5.85. The summed E-state index contributed by atoms with van der Waals surface area (Å²) in [6, 6.07) is 4.80. The number of alkyl halides is 3. The third kappa shape index (κ3) is 5.69. The lowest BCUT2D eigenvalue weighted by Gasteiger charge is -2.35.